The first-order valence-corrected chi connectivity index (χ1v) is 8.43. The lowest BCUT2D eigenvalue weighted by atomic mass is 9.95. The highest BCUT2D eigenvalue weighted by atomic mass is 16.5. The van der Waals surface area contributed by atoms with Crippen LogP contribution in [0, 0.1) is 5.92 Å². The van der Waals surface area contributed by atoms with Crippen LogP contribution in [0.15, 0.2) is 54.9 Å². The summed E-state index contributed by atoms with van der Waals surface area (Å²) in [6.07, 6.45) is 4.23. The first-order chi connectivity index (χ1) is 12.7. The number of hydrogen-bond donors (Lipinski definition) is 2. The average molecular weight is 349 g/mol. The van der Waals surface area contributed by atoms with Gasteiger partial charge in [0.2, 0.25) is 5.91 Å². The molecule has 132 valence electrons. The number of rotatable bonds is 4. The van der Waals surface area contributed by atoms with Gasteiger partial charge in [0.05, 0.1) is 19.2 Å². The summed E-state index contributed by atoms with van der Waals surface area (Å²) in [5, 5.41) is 9.71. The van der Waals surface area contributed by atoms with Crippen molar-refractivity contribution < 1.29 is 14.3 Å². The van der Waals surface area contributed by atoms with E-state index in [4.69, 9.17) is 9.47 Å². The van der Waals surface area contributed by atoms with E-state index in [0.29, 0.717) is 18.8 Å². The molecule has 0 radical (unpaired) electrons. The number of aromatic nitrogens is 2. The van der Waals surface area contributed by atoms with Gasteiger partial charge in [0.25, 0.3) is 0 Å². The van der Waals surface area contributed by atoms with E-state index >= 15 is 0 Å². The SMILES string of the molecule is COc1cccc2c1OCC(C(=O)Nc1ccc(-c3cn[nH]c3)cc1)C2. The van der Waals surface area contributed by atoms with Crippen LogP contribution in [0.5, 0.6) is 11.5 Å². The molecule has 0 bridgehead atoms. The van der Waals surface area contributed by atoms with Crippen LogP contribution in [0.3, 0.4) is 0 Å². The summed E-state index contributed by atoms with van der Waals surface area (Å²) >= 11 is 0. The molecule has 1 unspecified atom stereocenters. The minimum absolute atomic E-state index is 0.0467. The monoisotopic (exact) mass is 349 g/mol. The highest BCUT2D eigenvalue weighted by molar-refractivity contribution is 5.93. The lowest BCUT2D eigenvalue weighted by molar-refractivity contribution is -0.121. The van der Waals surface area contributed by atoms with Gasteiger partial charge in [-0.25, -0.2) is 0 Å². The maximum atomic E-state index is 12.6. The molecule has 1 aromatic heterocycles. The Morgan fingerprint density at radius 1 is 1.23 bits per heavy atom. The van der Waals surface area contributed by atoms with Gasteiger partial charge in [0.1, 0.15) is 6.61 Å². The van der Waals surface area contributed by atoms with Crippen LogP contribution in [0.1, 0.15) is 5.56 Å². The van der Waals surface area contributed by atoms with Crippen LogP contribution in [0.25, 0.3) is 11.1 Å². The zero-order chi connectivity index (χ0) is 17.9. The molecule has 3 aromatic rings. The number of para-hydroxylation sites is 1. The quantitative estimate of drug-likeness (QED) is 0.758. The zero-order valence-corrected chi connectivity index (χ0v) is 14.4. The Kier molecular flexibility index (Phi) is 4.31. The maximum absolute atomic E-state index is 12.6. The van der Waals surface area contributed by atoms with Crippen LogP contribution in [-0.4, -0.2) is 29.8 Å². The van der Waals surface area contributed by atoms with Gasteiger partial charge in [-0.15, -0.1) is 0 Å². The van der Waals surface area contributed by atoms with Gasteiger partial charge in [-0.2, -0.15) is 5.10 Å². The highest BCUT2D eigenvalue weighted by Crippen LogP contribution is 2.36. The van der Waals surface area contributed by atoms with E-state index in [0.717, 1.165) is 28.1 Å². The first-order valence-electron chi connectivity index (χ1n) is 8.43. The van der Waals surface area contributed by atoms with E-state index < -0.39 is 0 Å². The molecule has 0 spiro atoms. The summed E-state index contributed by atoms with van der Waals surface area (Å²) in [7, 11) is 1.62. The van der Waals surface area contributed by atoms with Crippen molar-refractivity contribution in [2.45, 2.75) is 6.42 Å². The summed E-state index contributed by atoms with van der Waals surface area (Å²) in [5.41, 5.74) is 3.80. The predicted molar refractivity (Wildman–Crippen MR) is 98.3 cm³/mol. The fourth-order valence-electron chi connectivity index (χ4n) is 3.12. The number of ether oxygens (including phenoxy) is 2. The third-order valence-electron chi connectivity index (χ3n) is 4.53. The molecule has 6 nitrogen and oxygen atoms in total. The average Bonchev–Trinajstić information content (AvgIpc) is 3.22. The summed E-state index contributed by atoms with van der Waals surface area (Å²) in [6, 6.07) is 13.4. The van der Waals surface area contributed by atoms with Crippen molar-refractivity contribution in [3.05, 3.63) is 60.4 Å². The summed E-state index contributed by atoms with van der Waals surface area (Å²) in [4.78, 5) is 12.6. The molecular formula is C20H19N3O3. The van der Waals surface area contributed by atoms with Gasteiger partial charge in [-0.3, -0.25) is 9.89 Å². The van der Waals surface area contributed by atoms with Crippen LogP contribution < -0.4 is 14.8 Å². The number of benzene rings is 2. The summed E-state index contributed by atoms with van der Waals surface area (Å²) in [5.74, 6) is 1.16. The van der Waals surface area contributed by atoms with Gasteiger partial charge < -0.3 is 14.8 Å². The first kappa shape index (κ1) is 16.2. The maximum Gasteiger partial charge on any atom is 0.231 e. The van der Waals surface area contributed by atoms with Crippen molar-refractivity contribution in [1.29, 1.82) is 0 Å². The number of anilines is 1. The number of methoxy groups -OCH3 is 1. The molecule has 1 amide bonds. The largest absolute Gasteiger partial charge is 0.493 e. The summed E-state index contributed by atoms with van der Waals surface area (Å²) < 4.78 is 11.1. The van der Waals surface area contributed by atoms with Crippen LogP contribution in [-0.2, 0) is 11.2 Å². The van der Waals surface area contributed by atoms with E-state index in [1.165, 1.54) is 0 Å². The number of fused-ring (bicyclic) bond motifs is 1. The predicted octanol–water partition coefficient (Wildman–Crippen LogP) is 3.28. The number of hydrogen-bond acceptors (Lipinski definition) is 4. The Morgan fingerprint density at radius 3 is 2.81 bits per heavy atom. The molecule has 0 saturated heterocycles. The van der Waals surface area contributed by atoms with Crippen molar-refractivity contribution in [3.63, 3.8) is 0 Å². The number of nitrogens with one attached hydrogen (secondary N) is 2. The van der Waals surface area contributed by atoms with Gasteiger partial charge in [0.15, 0.2) is 11.5 Å². The number of carbonyl (C=O) groups is 1. The Morgan fingerprint density at radius 2 is 2.08 bits per heavy atom. The standard InChI is InChI=1S/C20H19N3O3/c1-25-18-4-2-3-14-9-15(12-26-19(14)18)20(24)23-17-7-5-13(6-8-17)16-10-21-22-11-16/h2-8,10-11,15H,9,12H2,1H3,(H,21,22)(H,23,24). The molecule has 1 atom stereocenters. The molecule has 4 rings (SSSR count). The number of aromatic amines is 1. The van der Waals surface area contributed by atoms with E-state index in [1.807, 2.05) is 48.7 Å². The van der Waals surface area contributed by atoms with Crippen LogP contribution in [0.4, 0.5) is 5.69 Å². The van der Waals surface area contributed by atoms with E-state index in [-0.39, 0.29) is 11.8 Å². The Balaban J connectivity index is 1.44. The Bertz CT molecular complexity index is 905. The number of H-pyrrole nitrogens is 1. The van der Waals surface area contributed by atoms with Crippen molar-refractivity contribution >= 4 is 11.6 Å². The third-order valence-corrected chi connectivity index (χ3v) is 4.53. The Labute approximate surface area is 151 Å². The molecule has 2 aromatic carbocycles. The minimum Gasteiger partial charge on any atom is -0.493 e. The molecule has 0 aliphatic carbocycles. The topological polar surface area (TPSA) is 76.2 Å². The molecule has 0 saturated carbocycles. The fraction of sp³-hybridized carbons (Fsp3) is 0.200. The lowest BCUT2D eigenvalue weighted by Crippen LogP contribution is -2.32. The smallest absolute Gasteiger partial charge is 0.231 e. The van der Waals surface area contributed by atoms with Gasteiger partial charge >= 0.3 is 0 Å². The van der Waals surface area contributed by atoms with Gasteiger partial charge in [-0.1, -0.05) is 24.3 Å². The third kappa shape index (κ3) is 3.13. The van der Waals surface area contributed by atoms with E-state index in [1.54, 1.807) is 13.3 Å². The van der Waals surface area contributed by atoms with E-state index in [9.17, 15) is 4.79 Å². The van der Waals surface area contributed by atoms with Crippen molar-refractivity contribution in [2.75, 3.05) is 19.0 Å². The van der Waals surface area contributed by atoms with Crippen molar-refractivity contribution in [3.8, 4) is 22.6 Å². The molecule has 1 aliphatic rings. The fourth-order valence-corrected chi connectivity index (χ4v) is 3.12. The van der Waals surface area contributed by atoms with Gasteiger partial charge in [-0.05, 0) is 35.7 Å². The number of amides is 1. The summed E-state index contributed by atoms with van der Waals surface area (Å²) in [6.45, 7) is 0.340. The molecule has 2 heterocycles. The molecule has 2 N–H and O–H groups in total. The zero-order valence-electron chi connectivity index (χ0n) is 14.4. The second-order valence-electron chi connectivity index (χ2n) is 6.21. The molecule has 1 aliphatic heterocycles. The van der Waals surface area contributed by atoms with Crippen molar-refractivity contribution in [1.82, 2.24) is 10.2 Å². The molecule has 6 heteroatoms. The number of carbonyl (C=O) groups excluding carboxylic acids is 1. The van der Waals surface area contributed by atoms with Gasteiger partial charge in [0, 0.05) is 17.4 Å². The molecule has 26 heavy (non-hydrogen) atoms. The number of nitrogens with zero attached hydrogens (tertiary/aromatic N) is 1. The second-order valence-corrected chi connectivity index (χ2v) is 6.21. The minimum atomic E-state index is -0.233. The lowest BCUT2D eigenvalue weighted by Gasteiger charge is -2.25. The molecular weight excluding hydrogens is 330 g/mol. The van der Waals surface area contributed by atoms with Crippen molar-refractivity contribution in [2.24, 2.45) is 5.92 Å². The molecule has 0 fully saturated rings. The van der Waals surface area contributed by atoms with E-state index in [2.05, 4.69) is 15.5 Å². The Hall–Kier alpha value is -3.28. The normalized spacial score (nSPS) is 15.7. The highest BCUT2D eigenvalue weighted by Gasteiger charge is 2.27. The van der Waals surface area contributed by atoms with Crippen LogP contribution >= 0.6 is 0 Å². The second kappa shape index (κ2) is 6.92. The van der Waals surface area contributed by atoms with Crippen LogP contribution in [0.2, 0.25) is 0 Å².